The highest BCUT2D eigenvalue weighted by Gasteiger charge is 2.28. The average molecular weight is 196 g/mol. The van der Waals surface area contributed by atoms with Crippen LogP contribution in [0.3, 0.4) is 0 Å². The van der Waals surface area contributed by atoms with Gasteiger partial charge >= 0.3 is 0 Å². The quantitative estimate of drug-likeness (QED) is 0.569. The van der Waals surface area contributed by atoms with Gasteiger partial charge in [-0.05, 0) is 0 Å². The molecule has 0 spiro atoms. The van der Waals surface area contributed by atoms with Crippen LogP contribution in [-0.4, -0.2) is 22.7 Å². The predicted molar refractivity (Wildman–Crippen MR) is 47.6 cm³/mol. The van der Waals surface area contributed by atoms with Gasteiger partial charge in [-0.1, -0.05) is 0 Å². The SMILES string of the molecule is O=C1CC(CC(=O)c2nccs2)N1. The van der Waals surface area contributed by atoms with Crippen molar-refractivity contribution in [1.82, 2.24) is 10.3 Å². The molecule has 1 unspecified atom stereocenters. The van der Waals surface area contributed by atoms with E-state index in [0.717, 1.165) is 0 Å². The smallest absolute Gasteiger partial charge is 0.222 e. The average Bonchev–Trinajstić information content (AvgIpc) is 2.53. The van der Waals surface area contributed by atoms with Gasteiger partial charge in [-0.3, -0.25) is 9.59 Å². The normalized spacial score (nSPS) is 20.6. The Morgan fingerprint density at radius 3 is 3.08 bits per heavy atom. The van der Waals surface area contributed by atoms with E-state index >= 15 is 0 Å². The van der Waals surface area contributed by atoms with Crippen LogP contribution in [0.25, 0.3) is 0 Å². The largest absolute Gasteiger partial charge is 0.352 e. The number of aromatic nitrogens is 1. The first kappa shape index (κ1) is 8.37. The fourth-order valence-corrected chi connectivity index (χ4v) is 1.81. The second kappa shape index (κ2) is 3.26. The van der Waals surface area contributed by atoms with Crippen LogP contribution in [0.4, 0.5) is 0 Å². The lowest BCUT2D eigenvalue weighted by molar-refractivity contribution is -0.127. The molecule has 1 fully saturated rings. The number of β-lactam (4-membered cyclic amide) rings is 1. The van der Waals surface area contributed by atoms with Gasteiger partial charge in [-0.15, -0.1) is 11.3 Å². The molecule has 0 radical (unpaired) electrons. The summed E-state index contributed by atoms with van der Waals surface area (Å²) < 4.78 is 0. The second-order valence-corrected chi connectivity index (χ2v) is 3.83. The van der Waals surface area contributed by atoms with Crippen molar-refractivity contribution in [3.63, 3.8) is 0 Å². The van der Waals surface area contributed by atoms with E-state index in [2.05, 4.69) is 10.3 Å². The van der Waals surface area contributed by atoms with E-state index in [1.807, 2.05) is 0 Å². The van der Waals surface area contributed by atoms with Gasteiger partial charge in [0.25, 0.3) is 0 Å². The molecular formula is C8H8N2O2S. The number of hydrogen-bond acceptors (Lipinski definition) is 4. The second-order valence-electron chi connectivity index (χ2n) is 2.93. The number of amides is 1. The van der Waals surface area contributed by atoms with Crippen molar-refractivity contribution in [2.24, 2.45) is 0 Å². The molecule has 5 heteroatoms. The third-order valence-corrected chi connectivity index (χ3v) is 2.71. The molecule has 1 aromatic heterocycles. The van der Waals surface area contributed by atoms with Crippen LogP contribution in [0.1, 0.15) is 22.6 Å². The number of carbonyl (C=O) groups is 2. The Hall–Kier alpha value is -1.23. The zero-order valence-corrected chi connectivity index (χ0v) is 7.63. The van der Waals surface area contributed by atoms with Gasteiger partial charge in [0, 0.05) is 30.5 Å². The lowest BCUT2D eigenvalue weighted by Crippen LogP contribution is -2.49. The molecule has 1 aliphatic heterocycles. The highest BCUT2D eigenvalue weighted by Crippen LogP contribution is 2.14. The van der Waals surface area contributed by atoms with Crippen molar-refractivity contribution in [3.8, 4) is 0 Å². The van der Waals surface area contributed by atoms with Gasteiger partial charge in [0.1, 0.15) is 0 Å². The Morgan fingerprint density at radius 1 is 1.77 bits per heavy atom. The number of thiazole rings is 1. The summed E-state index contributed by atoms with van der Waals surface area (Å²) >= 11 is 1.34. The number of nitrogens with zero attached hydrogens (tertiary/aromatic N) is 1. The Morgan fingerprint density at radius 2 is 2.54 bits per heavy atom. The minimum absolute atomic E-state index is 0.0139. The fourth-order valence-electron chi connectivity index (χ4n) is 1.23. The van der Waals surface area contributed by atoms with Crippen LogP contribution < -0.4 is 5.32 Å². The highest BCUT2D eigenvalue weighted by molar-refractivity contribution is 7.11. The van der Waals surface area contributed by atoms with Crippen molar-refractivity contribution in [3.05, 3.63) is 16.6 Å². The predicted octanol–water partition coefficient (Wildman–Crippen LogP) is 0.604. The molecule has 1 atom stereocenters. The number of ketones is 1. The molecule has 1 aromatic rings. The maximum Gasteiger partial charge on any atom is 0.222 e. The van der Waals surface area contributed by atoms with Crippen molar-refractivity contribution in [2.45, 2.75) is 18.9 Å². The van der Waals surface area contributed by atoms with Gasteiger partial charge < -0.3 is 5.32 Å². The minimum atomic E-state index is 0.0139. The van der Waals surface area contributed by atoms with Crippen LogP contribution in [0, 0.1) is 0 Å². The van der Waals surface area contributed by atoms with Crippen LogP contribution >= 0.6 is 11.3 Å². The van der Waals surface area contributed by atoms with E-state index in [1.165, 1.54) is 11.3 Å². The molecule has 4 nitrogen and oxygen atoms in total. The first-order valence-corrected chi connectivity index (χ1v) is 4.86. The fraction of sp³-hybridized carbons (Fsp3) is 0.375. The van der Waals surface area contributed by atoms with Gasteiger partial charge in [-0.2, -0.15) is 0 Å². The number of Topliss-reactive ketones (excluding diaryl/α,β-unsaturated/α-hetero) is 1. The molecule has 68 valence electrons. The summed E-state index contributed by atoms with van der Waals surface area (Å²) in [7, 11) is 0. The van der Waals surface area contributed by atoms with Gasteiger partial charge in [0.2, 0.25) is 5.91 Å². The molecule has 1 saturated heterocycles. The van der Waals surface area contributed by atoms with Crippen LogP contribution in [-0.2, 0) is 4.79 Å². The minimum Gasteiger partial charge on any atom is -0.352 e. The molecule has 0 aromatic carbocycles. The third kappa shape index (κ3) is 1.75. The Labute approximate surface area is 79.0 Å². The molecular weight excluding hydrogens is 188 g/mol. The van der Waals surface area contributed by atoms with E-state index in [9.17, 15) is 9.59 Å². The maximum atomic E-state index is 11.4. The summed E-state index contributed by atoms with van der Waals surface area (Å²) in [6, 6.07) is 0.0314. The summed E-state index contributed by atoms with van der Waals surface area (Å²) in [6.45, 7) is 0. The number of carbonyl (C=O) groups excluding carboxylic acids is 2. The Balaban J connectivity index is 1.89. The third-order valence-electron chi connectivity index (χ3n) is 1.90. The van der Waals surface area contributed by atoms with E-state index in [4.69, 9.17) is 0 Å². The van der Waals surface area contributed by atoms with Crippen LogP contribution in [0.2, 0.25) is 0 Å². The first-order chi connectivity index (χ1) is 6.25. The Bertz CT molecular complexity index is 326. The van der Waals surface area contributed by atoms with Gasteiger partial charge in [-0.25, -0.2) is 4.98 Å². The molecule has 2 heterocycles. The van der Waals surface area contributed by atoms with Crippen molar-refractivity contribution in [1.29, 1.82) is 0 Å². The lowest BCUT2D eigenvalue weighted by atomic mass is 10.0. The molecule has 1 amide bonds. The monoisotopic (exact) mass is 196 g/mol. The van der Waals surface area contributed by atoms with Crippen molar-refractivity contribution in [2.75, 3.05) is 0 Å². The highest BCUT2D eigenvalue weighted by atomic mass is 32.1. The molecule has 13 heavy (non-hydrogen) atoms. The van der Waals surface area contributed by atoms with Crippen molar-refractivity contribution < 1.29 is 9.59 Å². The van der Waals surface area contributed by atoms with Crippen LogP contribution in [0.5, 0.6) is 0 Å². The Kier molecular flexibility index (Phi) is 2.10. The van der Waals surface area contributed by atoms with E-state index in [1.54, 1.807) is 11.6 Å². The molecule has 2 rings (SSSR count). The summed E-state index contributed by atoms with van der Waals surface area (Å²) in [4.78, 5) is 25.9. The summed E-state index contributed by atoms with van der Waals surface area (Å²) in [5, 5.41) is 4.95. The number of nitrogens with one attached hydrogen (secondary N) is 1. The molecule has 1 N–H and O–H groups in total. The zero-order valence-electron chi connectivity index (χ0n) is 6.82. The van der Waals surface area contributed by atoms with E-state index < -0.39 is 0 Å². The molecule has 0 bridgehead atoms. The van der Waals surface area contributed by atoms with E-state index in [-0.39, 0.29) is 17.7 Å². The standard InChI is InChI=1S/C8H8N2O2S/c11-6(8-9-1-2-13-8)3-5-4-7(12)10-5/h1-2,5H,3-4H2,(H,10,12). The van der Waals surface area contributed by atoms with E-state index in [0.29, 0.717) is 17.8 Å². The van der Waals surface area contributed by atoms with Crippen molar-refractivity contribution >= 4 is 23.0 Å². The maximum absolute atomic E-state index is 11.4. The van der Waals surface area contributed by atoms with Gasteiger partial charge in [0.05, 0.1) is 0 Å². The topological polar surface area (TPSA) is 59.1 Å². The first-order valence-electron chi connectivity index (χ1n) is 3.98. The van der Waals surface area contributed by atoms with Crippen LogP contribution in [0.15, 0.2) is 11.6 Å². The zero-order chi connectivity index (χ0) is 9.26. The van der Waals surface area contributed by atoms with Gasteiger partial charge in [0.15, 0.2) is 10.8 Å². The lowest BCUT2D eigenvalue weighted by Gasteiger charge is -2.25. The summed E-state index contributed by atoms with van der Waals surface area (Å²) in [5.41, 5.74) is 0. The molecule has 0 aliphatic carbocycles. The number of hydrogen-bond donors (Lipinski definition) is 1. The summed E-state index contributed by atoms with van der Waals surface area (Å²) in [6.07, 6.45) is 2.45. The number of rotatable bonds is 3. The summed E-state index contributed by atoms with van der Waals surface area (Å²) in [5.74, 6) is 0.0388. The molecule has 0 saturated carbocycles. The molecule has 1 aliphatic rings.